The summed E-state index contributed by atoms with van der Waals surface area (Å²) in [6, 6.07) is 7.20. The Bertz CT molecular complexity index is 653. The van der Waals surface area contributed by atoms with E-state index in [0.717, 1.165) is 17.1 Å². The van der Waals surface area contributed by atoms with Crippen LogP contribution in [-0.4, -0.2) is 27.2 Å². The summed E-state index contributed by atoms with van der Waals surface area (Å²) in [6.07, 6.45) is 0.455. The van der Waals surface area contributed by atoms with Gasteiger partial charge in [-0.2, -0.15) is 0 Å². The number of aliphatic hydroxyl groups is 1. The Morgan fingerprint density at radius 2 is 2.15 bits per heavy atom. The molecule has 1 amide bonds. The molecule has 0 aliphatic carbocycles. The average molecular weight is 287 g/mol. The molecule has 102 valence electrons. The third-order valence-electron chi connectivity index (χ3n) is 2.47. The lowest BCUT2D eigenvalue weighted by Crippen LogP contribution is -2.11. The van der Waals surface area contributed by atoms with Gasteiger partial charge in [-0.05, 0) is 42.7 Å². The van der Waals surface area contributed by atoms with Crippen molar-refractivity contribution in [2.24, 2.45) is 0 Å². The van der Waals surface area contributed by atoms with Crippen LogP contribution >= 0.6 is 11.5 Å². The summed E-state index contributed by atoms with van der Waals surface area (Å²) in [5.41, 5.74) is 2.15. The van der Waals surface area contributed by atoms with Gasteiger partial charge in [0, 0.05) is 17.7 Å². The number of rotatable bonds is 3. The first-order valence-electron chi connectivity index (χ1n) is 6.01. The van der Waals surface area contributed by atoms with E-state index in [1.807, 2.05) is 12.1 Å². The first-order valence-corrected chi connectivity index (χ1v) is 6.78. The van der Waals surface area contributed by atoms with Gasteiger partial charge in [0.05, 0.1) is 12.3 Å². The maximum Gasteiger partial charge on any atom is 0.269 e. The average Bonchev–Trinajstić information content (AvgIpc) is 2.87. The number of anilines is 1. The summed E-state index contributed by atoms with van der Waals surface area (Å²) < 4.78 is 3.73. The number of aryl methyl sites for hydroxylation is 1. The fourth-order valence-electron chi connectivity index (χ4n) is 1.48. The molecule has 0 bridgehead atoms. The molecule has 5 nitrogen and oxygen atoms in total. The van der Waals surface area contributed by atoms with E-state index in [1.54, 1.807) is 19.1 Å². The summed E-state index contributed by atoms with van der Waals surface area (Å²) in [7, 11) is 0. The first-order chi connectivity index (χ1) is 9.70. The van der Waals surface area contributed by atoms with E-state index in [-0.39, 0.29) is 12.5 Å². The van der Waals surface area contributed by atoms with E-state index in [2.05, 4.69) is 26.7 Å². The summed E-state index contributed by atoms with van der Waals surface area (Å²) in [6.45, 7) is 1.81. The molecule has 1 heterocycles. The number of aliphatic hydroxyl groups excluding tert-OH is 1. The molecule has 0 aliphatic heterocycles. The highest BCUT2D eigenvalue weighted by atomic mass is 32.1. The molecule has 0 fully saturated rings. The monoisotopic (exact) mass is 287 g/mol. The molecule has 0 spiro atoms. The van der Waals surface area contributed by atoms with Crippen LogP contribution in [0.2, 0.25) is 0 Å². The van der Waals surface area contributed by atoms with Crippen LogP contribution < -0.4 is 5.32 Å². The van der Waals surface area contributed by atoms with Crippen LogP contribution in [0.3, 0.4) is 0 Å². The fourth-order valence-corrected chi connectivity index (χ4v) is 2.04. The zero-order valence-corrected chi connectivity index (χ0v) is 11.7. The Hall–Kier alpha value is -2.23. The quantitative estimate of drug-likeness (QED) is 0.845. The number of amides is 1. The van der Waals surface area contributed by atoms with E-state index in [0.29, 0.717) is 22.7 Å². The molecule has 0 aliphatic rings. The molecule has 0 radical (unpaired) electrons. The lowest BCUT2D eigenvalue weighted by Gasteiger charge is -2.03. The van der Waals surface area contributed by atoms with Gasteiger partial charge in [-0.1, -0.05) is 16.3 Å². The molecule has 1 aromatic heterocycles. The maximum absolute atomic E-state index is 12.0. The number of benzene rings is 1. The minimum Gasteiger partial charge on any atom is -0.395 e. The zero-order valence-electron chi connectivity index (χ0n) is 10.9. The van der Waals surface area contributed by atoms with Crippen molar-refractivity contribution in [1.82, 2.24) is 9.59 Å². The number of aromatic nitrogens is 2. The highest BCUT2D eigenvalue weighted by Crippen LogP contribution is 2.14. The lowest BCUT2D eigenvalue weighted by atomic mass is 10.2. The summed E-state index contributed by atoms with van der Waals surface area (Å²) in [5.74, 6) is 5.55. The summed E-state index contributed by atoms with van der Waals surface area (Å²) >= 11 is 1.07. The van der Waals surface area contributed by atoms with E-state index in [4.69, 9.17) is 5.11 Å². The maximum atomic E-state index is 12.0. The topological polar surface area (TPSA) is 75.1 Å². The fraction of sp³-hybridized carbons (Fsp3) is 0.214. The minimum atomic E-state index is -0.211. The molecular weight excluding hydrogens is 274 g/mol. The molecule has 2 N–H and O–H groups in total. The van der Waals surface area contributed by atoms with Crippen LogP contribution in [-0.2, 0) is 0 Å². The normalized spacial score (nSPS) is 9.70. The molecule has 0 saturated heterocycles. The molecule has 2 aromatic rings. The molecule has 0 unspecified atom stereocenters. The van der Waals surface area contributed by atoms with Crippen LogP contribution in [0.15, 0.2) is 24.3 Å². The second-order valence-electron chi connectivity index (χ2n) is 3.99. The smallest absolute Gasteiger partial charge is 0.269 e. The van der Waals surface area contributed by atoms with Gasteiger partial charge in [0.15, 0.2) is 0 Å². The third kappa shape index (κ3) is 3.63. The molecule has 20 heavy (non-hydrogen) atoms. The predicted molar refractivity (Wildman–Crippen MR) is 77.6 cm³/mol. The van der Waals surface area contributed by atoms with Crippen LogP contribution in [0, 0.1) is 18.8 Å². The van der Waals surface area contributed by atoms with Crippen molar-refractivity contribution in [3.63, 3.8) is 0 Å². The van der Waals surface area contributed by atoms with Crippen molar-refractivity contribution < 1.29 is 9.90 Å². The van der Waals surface area contributed by atoms with Gasteiger partial charge in [-0.3, -0.25) is 4.79 Å². The summed E-state index contributed by atoms with van der Waals surface area (Å²) in [5, 5.41) is 15.2. The van der Waals surface area contributed by atoms with Crippen molar-refractivity contribution in [3.05, 3.63) is 40.4 Å². The Kier molecular flexibility index (Phi) is 4.82. The summed E-state index contributed by atoms with van der Waals surface area (Å²) in [4.78, 5) is 12.5. The Labute approximate surface area is 120 Å². The molecule has 0 saturated carbocycles. The number of nitrogens with zero attached hydrogens (tertiary/aromatic N) is 2. The third-order valence-corrected chi connectivity index (χ3v) is 3.30. The van der Waals surface area contributed by atoms with Crippen molar-refractivity contribution >= 4 is 23.1 Å². The number of nitrogens with one attached hydrogen (secondary N) is 1. The second kappa shape index (κ2) is 6.80. The number of carbonyl (C=O) groups excluding carboxylic acids is 1. The van der Waals surface area contributed by atoms with Crippen molar-refractivity contribution in [3.8, 4) is 11.8 Å². The first kappa shape index (κ1) is 14.2. The Morgan fingerprint density at radius 3 is 2.75 bits per heavy atom. The molecule has 2 rings (SSSR count). The van der Waals surface area contributed by atoms with Gasteiger partial charge < -0.3 is 10.4 Å². The van der Waals surface area contributed by atoms with E-state index < -0.39 is 0 Å². The van der Waals surface area contributed by atoms with E-state index in [9.17, 15) is 4.79 Å². The van der Waals surface area contributed by atoms with Crippen LogP contribution in [0.25, 0.3) is 0 Å². The van der Waals surface area contributed by atoms with Gasteiger partial charge in [0.2, 0.25) is 0 Å². The van der Waals surface area contributed by atoms with Gasteiger partial charge in [0.25, 0.3) is 5.91 Å². The molecule has 1 aromatic carbocycles. The van der Waals surface area contributed by atoms with Crippen molar-refractivity contribution in [2.75, 3.05) is 11.9 Å². The van der Waals surface area contributed by atoms with Crippen molar-refractivity contribution in [2.45, 2.75) is 13.3 Å². The number of hydrogen-bond donors (Lipinski definition) is 2. The zero-order chi connectivity index (χ0) is 14.4. The molecule has 0 atom stereocenters. The Morgan fingerprint density at radius 1 is 1.40 bits per heavy atom. The number of carbonyl (C=O) groups is 1. The molecular formula is C14H13N3O2S. The molecule has 6 heteroatoms. The predicted octanol–water partition coefficient (Wildman–Crippen LogP) is 1.83. The largest absolute Gasteiger partial charge is 0.395 e. The van der Waals surface area contributed by atoms with E-state index >= 15 is 0 Å². The van der Waals surface area contributed by atoms with Gasteiger partial charge in [-0.15, -0.1) is 5.10 Å². The van der Waals surface area contributed by atoms with Crippen molar-refractivity contribution in [1.29, 1.82) is 0 Å². The minimum absolute atomic E-state index is 0.0589. The van der Waals surface area contributed by atoms with Gasteiger partial charge in [-0.25, -0.2) is 0 Å². The lowest BCUT2D eigenvalue weighted by molar-refractivity contribution is 0.103. The van der Waals surface area contributed by atoms with Crippen LogP contribution in [0.5, 0.6) is 0 Å². The van der Waals surface area contributed by atoms with E-state index in [1.165, 1.54) is 0 Å². The highest BCUT2D eigenvalue weighted by molar-refractivity contribution is 7.08. The van der Waals surface area contributed by atoms with Crippen LogP contribution in [0.4, 0.5) is 5.69 Å². The highest BCUT2D eigenvalue weighted by Gasteiger charge is 2.12. The van der Waals surface area contributed by atoms with Crippen LogP contribution in [0.1, 0.15) is 27.3 Å². The number of hydrogen-bond acceptors (Lipinski definition) is 5. The van der Waals surface area contributed by atoms with Gasteiger partial charge in [0.1, 0.15) is 4.88 Å². The second-order valence-corrected chi connectivity index (χ2v) is 4.75. The SMILES string of the molecule is Cc1nnsc1C(=O)Nc1ccc(C#CCCO)cc1. The Balaban J connectivity index is 2.03. The standard InChI is InChI=1S/C14H13N3O2S/c1-10-13(20-17-16-10)14(19)15-12-7-5-11(6-8-12)4-2-3-9-18/h5-8,18H,3,9H2,1H3,(H,15,19). The van der Waals surface area contributed by atoms with Gasteiger partial charge >= 0.3 is 0 Å².